The zero-order valence-electron chi connectivity index (χ0n) is 12.8. The summed E-state index contributed by atoms with van der Waals surface area (Å²) in [5.74, 6) is 2.61. The molecule has 0 bridgehead atoms. The van der Waals surface area contributed by atoms with Crippen LogP contribution in [0.5, 0.6) is 0 Å². The van der Waals surface area contributed by atoms with Crippen LogP contribution in [-0.4, -0.2) is 37.6 Å². The molecule has 0 radical (unpaired) electrons. The molecule has 0 aliphatic heterocycles. The molecule has 4 atom stereocenters. The zero-order valence-corrected chi connectivity index (χ0v) is 12.8. The molecule has 2 nitrogen and oxygen atoms in total. The van der Waals surface area contributed by atoms with Crippen molar-refractivity contribution in [2.75, 3.05) is 20.6 Å². The van der Waals surface area contributed by atoms with Crippen molar-refractivity contribution >= 4 is 0 Å². The highest BCUT2D eigenvalue weighted by atomic mass is 15.1. The standard InChI is InChI=1S/C16H32N2/c1-12-9-13(2)15(16(10-12)17-3)11-18(4)14-7-5-6-8-14/h12-17H,5-11H2,1-4H3. The average Bonchev–Trinajstić information content (AvgIpc) is 2.85. The van der Waals surface area contributed by atoms with Crippen LogP contribution >= 0.6 is 0 Å². The number of nitrogens with one attached hydrogen (secondary N) is 1. The van der Waals surface area contributed by atoms with Crippen LogP contribution in [0.4, 0.5) is 0 Å². The minimum atomic E-state index is 0.729. The molecule has 2 heteroatoms. The van der Waals surface area contributed by atoms with Gasteiger partial charge in [0.15, 0.2) is 0 Å². The van der Waals surface area contributed by atoms with E-state index in [0.717, 1.165) is 29.8 Å². The summed E-state index contributed by atoms with van der Waals surface area (Å²) < 4.78 is 0. The monoisotopic (exact) mass is 252 g/mol. The van der Waals surface area contributed by atoms with E-state index in [2.05, 4.69) is 38.2 Å². The van der Waals surface area contributed by atoms with Crippen molar-refractivity contribution in [3.8, 4) is 0 Å². The predicted octanol–water partition coefficient (Wildman–Crippen LogP) is 3.13. The van der Waals surface area contributed by atoms with Crippen LogP contribution in [0.1, 0.15) is 52.4 Å². The molecule has 0 spiro atoms. The Morgan fingerprint density at radius 3 is 2.39 bits per heavy atom. The van der Waals surface area contributed by atoms with Gasteiger partial charge in [-0.25, -0.2) is 0 Å². The second kappa shape index (κ2) is 6.38. The van der Waals surface area contributed by atoms with Crippen molar-refractivity contribution < 1.29 is 0 Å². The van der Waals surface area contributed by atoms with E-state index in [1.54, 1.807) is 0 Å². The van der Waals surface area contributed by atoms with Crippen LogP contribution in [0.2, 0.25) is 0 Å². The zero-order chi connectivity index (χ0) is 13.1. The van der Waals surface area contributed by atoms with E-state index in [1.807, 2.05) is 0 Å². The third kappa shape index (κ3) is 3.27. The number of hydrogen-bond acceptors (Lipinski definition) is 2. The van der Waals surface area contributed by atoms with E-state index in [-0.39, 0.29) is 0 Å². The minimum Gasteiger partial charge on any atom is -0.317 e. The van der Waals surface area contributed by atoms with Crippen molar-refractivity contribution in [1.29, 1.82) is 0 Å². The van der Waals surface area contributed by atoms with Gasteiger partial charge in [-0.15, -0.1) is 0 Å². The van der Waals surface area contributed by atoms with Crippen LogP contribution in [0, 0.1) is 17.8 Å². The first kappa shape index (κ1) is 14.3. The van der Waals surface area contributed by atoms with Gasteiger partial charge in [0.25, 0.3) is 0 Å². The lowest BCUT2D eigenvalue weighted by atomic mass is 9.72. The van der Waals surface area contributed by atoms with Crippen molar-refractivity contribution in [3.05, 3.63) is 0 Å². The number of hydrogen-bond donors (Lipinski definition) is 1. The molecule has 2 aliphatic carbocycles. The third-order valence-corrected chi connectivity index (χ3v) is 5.50. The van der Waals surface area contributed by atoms with Crippen LogP contribution in [0.25, 0.3) is 0 Å². The van der Waals surface area contributed by atoms with Gasteiger partial charge in [-0.2, -0.15) is 0 Å². The maximum absolute atomic E-state index is 3.58. The van der Waals surface area contributed by atoms with Crippen molar-refractivity contribution in [2.24, 2.45) is 17.8 Å². The first-order chi connectivity index (χ1) is 8.61. The Morgan fingerprint density at radius 1 is 1.11 bits per heavy atom. The highest BCUT2D eigenvalue weighted by Crippen LogP contribution is 2.35. The van der Waals surface area contributed by atoms with Gasteiger partial charge in [0, 0.05) is 18.6 Å². The summed E-state index contributed by atoms with van der Waals surface area (Å²) in [6, 6.07) is 1.60. The Morgan fingerprint density at radius 2 is 1.78 bits per heavy atom. The Labute approximate surface area is 114 Å². The van der Waals surface area contributed by atoms with E-state index in [4.69, 9.17) is 0 Å². The van der Waals surface area contributed by atoms with Gasteiger partial charge >= 0.3 is 0 Å². The summed E-state index contributed by atoms with van der Waals surface area (Å²) in [6.45, 7) is 6.18. The summed E-state index contributed by atoms with van der Waals surface area (Å²) >= 11 is 0. The van der Waals surface area contributed by atoms with Gasteiger partial charge in [-0.1, -0.05) is 26.7 Å². The molecule has 2 fully saturated rings. The average molecular weight is 252 g/mol. The Hall–Kier alpha value is -0.0800. The predicted molar refractivity (Wildman–Crippen MR) is 78.8 cm³/mol. The van der Waals surface area contributed by atoms with Crippen molar-refractivity contribution in [3.63, 3.8) is 0 Å². The molecule has 0 aromatic heterocycles. The molecular weight excluding hydrogens is 220 g/mol. The van der Waals surface area contributed by atoms with Crippen molar-refractivity contribution in [2.45, 2.75) is 64.5 Å². The molecule has 0 saturated heterocycles. The van der Waals surface area contributed by atoms with Gasteiger partial charge in [0.2, 0.25) is 0 Å². The van der Waals surface area contributed by atoms with E-state index in [0.29, 0.717) is 0 Å². The summed E-state index contributed by atoms with van der Waals surface area (Å²) in [5, 5.41) is 3.58. The molecule has 1 N–H and O–H groups in total. The second-order valence-electron chi connectivity index (χ2n) is 6.99. The van der Waals surface area contributed by atoms with Gasteiger partial charge < -0.3 is 10.2 Å². The first-order valence-corrected chi connectivity index (χ1v) is 7.99. The lowest BCUT2D eigenvalue weighted by molar-refractivity contribution is 0.0982. The van der Waals surface area contributed by atoms with E-state index < -0.39 is 0 Å². The summed E-state index contributed by atoms with van der Waals surface area (Å²) in [4.78, 5) is 2.66. The molecule has 0 aromatic carbocycles. The Kier molecular flexibility index (Phi) is 5.08. The Balaban J connectivity index is 1.92. The SMILES string of the molecule is CNC1CC(C)CC(C)C1CN(C)C1CCCC1. The van der Waals surface area contributed by atoms with Crippen LogP contribution in [0.15, 0.2) is 0 Å². The quantitative estimate of drug-likeness (QED) is 0.827. The van der Waals surface area contributed by atoms with Gasteiger partial charge in [0.05, 0.1) is 0 Å². The summed E-state index contributed by atoms with van der Waals surface area (Å²) in [5.41, 5.74) is 0. The van der Waals surface area contributed by atoms with Crippen molar-refractivity contribution in [1.82, 2.24) is 10.2 Å². The molecule has 0 aromatic rings. The molecule has 0 heterocycles. The highest BCUT2D eigenvalue weighted by Gasteiger charge is 2.34. The number of rotatable bonds is 4. The molecule has 2 rings (SSSR count). The lowest BCUT2D eigenvalue weighted by Crippen LogP contribution is -2.48. The third-order valence-electron chi connectivity index (χ3n) is 5.50. The van der Waals surface area contributed by atoms with Crippen LogP contribution < -0.4 is 5.32 Å². The fraction of sp³-hybridized carbons (Fsp3) is 1.00. The fourth-order valence-electron chi connectivity index (χ4n) is 4.38. The molecule has 0 amide bonds. The van der Waals surface area contributed by atoms with E-state index in [1.165, 1.54) is 45.1 Å². The molecule has 106 valence electrons. The van der Waals surface area contributed by atoms with Crippen LogP contribution in [-0.2, 0) is 0 Å². The Bertz CT molecular complexity index is 247. The summed E-state index contributed by atoms with van der Waals surface area (Å²) in [7, 11) is 4.51. The lowest BCUT2D eigenvalue weighted by Gasteiger charge is -2.42. The normalized spacial score (nSPS) is 38.5. The largest absolute Gasteiger partial charge is 0.317 e. The van der Waals surface area contributed by atoms with E-state index in [9.17, 15) is 0 Å². The second-order valence-corrected chi connectivity index (χ2v) is 6.99. The summed E-state index contributed by atoms with van der Waals surface area (Å²) in [6.07, 6.45) is 8.53. The molecular formula is C16H32N2. The van der Waals surface area contributed by atoms with Gasteiger partial charge in [0.1, 0.15) is 0 Å². The van der Waals surface area contributed by atoms with E-state index >= 15 is 0 Å². The smallest absolute Gasteiger partial charge is 0.0110 e. The molecule has 2 aliphatic rings. The first-order valence-electron chi connectivity index (χ1n) is 7.99. The highest BCUT2D eigenvalue weighted by molar-refractivity contribution is 4.89. The fourth-order valence-corrected chi connectivity index (χ4v) is 4.38. The molecule has 4 unspecified atom stereocenters. The van der Waals surface area contributed by atoms with Crippen LogP contribution in [0.3, 0.4) is 0 Å². The van der Waals surface area contributed by atoms with Gasteiger partial charge in [-0.3, -0.25) is 0 Å². The van der Waals surface area contributed by atoms with Gasteiger partial charge in [-0.05, 0) is 57.5 Å². The topological polar surface area (TPSA) is 15.3 Å². The number of nitrogens with zero attached hydrogens (tertiary/aromatic N) is 1. The molecule has 18 heavy (non-hydrogen) atoms. The minimum absolute atomic E-state index is 0.729. The maximum Gasteiger partial charge on any atom is 0.0110 e. The maximum atomic E-state index is 3.58. The molecule has 2 saturated carbocycles.